The van der Waals surface area contributed by atoms with Crippen LogP contribution in [0.1, 0.15) is 17.9 Å². The Morgan fingerprint density at radius 3 is 2.52 bits per heavy atom. The predicted octanol–water partition coefficient (Wildman–Crippen LogP) is 2.94. The standard InChI is InChI=1S/C19H24N2O3S/c1-20(2)12-11-15-14-21(19-10-9-16(24-3)13-18(15)19)25(22,23)17-7-5-4-6-8-17/h4-10,13,15H,11-12,14H2,1-3H3. The first-order valence-electron chi connectivity index (χ1n) is 8.34. The molecule has 0 saturated heterocycles. The molecule has 0 aromatic heterocycles. The number of hydrogen-bond donors (Lipinski definition) is 0. The summed E-state index contributed by atoms with van der Waals surface area (Å²) in [5, 5.41) is 0. The van der Waals surface area contributed by atoms with Crippen LogP contribution in [0.15, 0.2) is 53.4 Å². The molecule has 0 bridgehead atoms. The van der Waals surface area contributed by atoms with E-state index < -0.39 is 10.0 Å². The molecule has 25 heavy (non-hydrogen) atoms. The normalized spacial score (nSPS) is 17.0. The van der Waals surface area contributed by atoms with E-state index in [1.165, 1.54) is 4.31 Å². The van der Waals surface area contributed by atoms with E-state index in [0.717, 1.165) is 30.0 Å². The second-order valence-electron chi connectivity index (χ2n) is 6.56. The molecule has 1 aliphatic heterocycles. The van der Waals surface area contributed by atoms with E-state index in [9.17, 15) is 8.42 Å². The van der Waals surface area contributed by atoms with Gasteiger partial charge < -0.3 is 9.64 Å². The van der Waals surface area contributed by atoms with Gasteiger partial charge in [0.25, 0.3) is 10.0 Å². The summed E-state index contributed by atoms with van der Waals surface area (Å²) < 4.78 is 33.1. The molecule has 1 heterocycles. The maximum absolute atomic E-state index is 13.1. The lowest BCUT2D eigenvalue weighted by Gasteiger charge is -2.20. The van der Waals surface area contributed by atoms with Crippen LogP contribution in [-0.2, 0) is 10.0 Å². The highest BCUT2D eigenvalue weighted by Gasteiger charge is 2.36. The van der Waals surface area contributed by atoms with Crippen LogP contribution >= 0.6 is 0 Å². The minimum atomic E-state index is -3.56. The summed E-state index contributed by atoms with van der Waals surface area (Å²) >= 11 is 0. The molecule has 134 valence electrons. The first-order valence-corrected chi connectivity index (χ1v) is 9.78. The minimum absolute atomic E-state index is 0.158. The van der Waals surface area contributed by atoms with Gasteiger partial charge in [-0.1, -0.05) is 18.2 Å². The maximum Gasteiger partial charge on any atom is 0.264 e. The molecule has 6 heteroatoms. The molecule has 1 aliphatic rings. The van der Waals surface area contributed by atoms with Crippen molar-refractivity contribution in [3.63, 3.8) is 0 Å². The average Bonchev–Trinajstić information content (AvgIpc) is 2.99. The highest BCUT2D eigenvalue weighted by molar-refractivity contribution is 7.92. The smallest absolute Gasteiger partial charge is 0.264 e. The number of ether oxygens (including phenoxy) is 1. The molecule has 3 rings (SSSR count). The number of fused-ring (bicyclic) bond motifs is 1. The van der Waals surface area contributed by atoms with E-state index in [1.54, 1.807) is 31.4 Å². The summed E-state index contributed by atoms with van der Waals surface area (Å²) in [4.78, 5) is 2.44. The monoisotopic (exact) mass is 360 g/mol. The Bertz CT molecular complexity index is 835. The predicted molar refractivity (Wildman–Crippen MR) is 99.9 cm³/mol. The molecular weight excluding hydrogens is 336 g/mol. The first kappa shape index (κ1) is 17.8. The average molecular weight is 360 g/mol. The first-order chi connectivity index (χ1) is 11.9. The van der Waals surface area contributed by atoms with Gasteiger partial charge in [0.2, 0.25) is 0 Å². The lowest BCUT2D eigenvalue weighted by Crippen LogP contribution is -2.30. The van der Waals surface area contributed by atoms with E-state index in [-0.39, 0.29) is 5.92 Å². The van der Waals surface area contributed by atoms with Crippen LogP contribution in [0.4, 0.5) is 5.69 Å². The minimum Gasteiger partial charge on any atom is -0.497 e. The van der Waals surface area contributed by atoms with Gasteiger partial charge in [0.15, 0.2) is 0 Å². The Morgan fingerprint density at radius 1 is 1.16 bits per heavy atom. The Labute approximate surface area is 149 Å². The molecule has 0 radical (unpaired) electrons. The van der Waals surface area contributed by atoms with Gasteiger partial charge in [-0.25, -0.2) is 8.42 Å². The topological polar surface area (TPSA) is 49.9 Å². The van der Waals surface area contributed by atoms with Gasteiger partial charge in [-0.3, -0.25) is 4.31 Å². The van der Waals surface area contributed by atoms with Crippen molar-refractivity contribution >= 4 is 15.7 Å². The molecule has 1 unspecified atom stereocenters. The lowest BCUT2D eigenvalue weighted by atomic mass is 9.97. The highest BCUT2D eigenvalue weighted by Crippen LogP contribution is 2.42. The third-order valence-corrected chi connectivity index (χ3v) is 6.38. The number of rotatable bonds is 6. The van der Waals surface area contributed by atoms with Crippen LogP contribution in [0.3, 0.4) is 0 Å². The van der Waals surface area contributed by atoms with Gasteiger partial charge in [0.1, 0.15) is 5.75 Å². The van der Waals surface area contributed by atoms with Crippen molar-refractivity contribution in [1.29, 1.82) is 0 Å². The summed E-state index contributed by atoms with van der Waals surface area (Å²) in [5.41, 5.74) is 1.80. The van der Waals surface area contributed by atoms with Crippen LogP contribution in [0.2, 0.25) is 0 Å². The van der Waals surface area contributed by atoms with Gasteiger partial charge >= 0.3 is 0 Å². The van der Waals surface area contributed by atoms with Crippen molar-refractivity contribution in [2.75, 3.05) is 38.6 Å². The molecule has 5 nitrogen and oxygen atoms in total. The zero-order chi connectivity index (χ0) is 18.0. The summed E-state index contributed by atoms with van der Waals surface area (Å²) in [6.07, 6.45) is 0.897. The number of hydrogen-bond acceptors (Lipinski definition) is 4. The van der Waals surface area contributed by atoms with Crippen LogP contribution in [-0.4, -0.2) is 47.6 Å². The van der Waals surface area contributed by atoms with E-state index in [2.05, 4.69) is 4.90 Å². The number of anilines is 1. The van der Waals surface area contributed by atoms with Gasteiger partial charge in [-0.15, -0.1) is 0 Å². The quantitative estimate of drug-likeness (QED) is 0.795. The number of sulfonamides is 1. The van der Waals surface area contributed by atoms with Crippen molar-refractivity contribution < 1.29 is 13.2 Å². The third kappa shape index (κ3) is 3.50. The highest BCUT2D eigenvalue weighted by atomic mass is 32.2. The fraction of sp³-hybridized carbons (Fsp3) is 0.368. The zero-order valence-electron chi connectivity index (χ0n) is 14.8. The molecule has 0 saturated carbocycles. The number of methoxy groups -OCH3 is 1. The molecule has 2 aromatic carbocycles. The van der Waals surface area contributed by atoms with Crippen LogP contribution in [0.5, 0.6) is 5.75 Å². The Hall–Kier alpha value is -2.05. The van der Waals surface area contributed by atoms with Crippen molar-refractivity contribution in [2.24, 2.45) is 0 Å². The van der Waals surface area contributed by atoms with Gasteiger partial charge in [0, 0.05) is 12.5 Å². The summed E-state index contributed by atoms with van der Waals surface area (Å²) in [7, 11) is 2.12. The van der Waals surface area contributed by atoms with E-state index >= 15 is 0 Å². The van der Waals surface area contributed by atoms with Crippen LogP contribution < -0.4 is 9.04 Å². The molecule has 0 fully saturated rings. The van der Waals surface area contributed by atoms with E-state index in [1.807, 2.05) is 38.4 Å². The number of benzene rings is 2. The van der Waals surface area contributed by atoms with Crippen molar-refractivity contribution in [3.8, 4) is 5.75 Å². The van der Waals surface area contributed by atoms with Crippen molar-refractivity contribution in [2.45, 2.75) is 17.2 Å². The molecule has 0 N–H and O–H groups in total. The zero-order valence-corrected chi connectivity index (χ0v) is 15.7. The fourth-order valence-electron chi connectivity index (χ4n) is 3.22. The lowest BCUT2D eigenvalue weighted by molar-refractivity contribution is 0.384. The largest absolute Gasteiger partial charge is 0.497 e. The molecular formula is C19H24N2O3S. The third-order valence-electron chi connectivity index (χ3n) is 4.59. The SMILES string of the molecule is COc1ccc2c(c1)C(CCN(C)C)CN2S(=O)(=O)c1ccccc1. The summed E-state index contributed by atoms with van der Waals surface area (Å²) in [6, 6.07) is 14.3. The van der Waals surface area contributed by atoms with Gasteiger partial charge in [-0.05, 0) is 63.0 Å². The van der Waals surface area contributed by atoms with Gasteiger partial charge in [0.05, 0.1) is 17.7 Å². The second-order valence-corrected chi connectivity index (χ2v) is 8.43. The Kier molecular flexibility index (Phi) is 5.01. The molecule has 0 aliphatic carbocycles. The van der Waals surface area contributed by atoms with Crippen LogP contribution in [0.25, 0.3) is 0 Å². The van der Waals surface area contributed by atoms with Gasteiger partial charge in [-0.2, -0.15) is 0 Å². The molecule has 0 amide bonds. The maximum atomic E-state index is 13.1. The summed E-state index contributed by atoms with van der Waals surface area (Å²) in [5.74, 6) is 0.915. The molecule has 2 aromatic rings. The molecule has 0 spiro atoms. The van der Waals surface area contributed by atoms with Crippen molar-refractivity contribution in [3.05, 3.63) is 54.1 Å². The van der Waals surface area contributed by atoms with Crippen LogP contribution in [0, 0.1) is 0 Å². The van der Waals surface area contributed by atoms with E-state index in [0.29, 0.717) is 11.4 Å². The Morgan fingerprint density at radius 2 is 1.88 bits per heavy atom. The second kappa shape index (κ2) is 7.06. The fourth-order valence-corrected chi connectivity index (χ4v) is 4.78. The summed E-state index contributed by atoms with van der Waals surface area (Å²) in [6.45, 7) is 1.37. The number of nitrogens with zero attached hydrogens (tertiary/aromatic N) is 2. The molecule has 1 atom stereocenters. The van der Waals surface area contributed by atoms with E-state index in [4.69, 9.17) is 4.74 Å². The van der Waals surface area contributed by atoms with Crippen molar-refractivity contribution in [1.82, 2.24) is 4.90 Å². The Balaban J connectivity index is 2.00.